The van der Waals surface area contributed by atoms with E-state index in [9.17, 15) is 38.7 Å². The maximum Gasteiger partial charge on any atom is 0.326 e. The highest BCUT2D eigenvalue weighted by Crippen LogP contribution is 2.03. The number of carbonyl (C=O) groups excluding carboxylic acids is 3. The van der Waals surface area contributed by atoms with Crippen LogP contribution in [0.25, 0.3) is 0 Å². The number of hydrogen-bond donors (Lipinski definition) is 9. The molecule has 3 amide bonds. The summed E-state index contributed by atoms with van der Waals surface area (Å²) in [5.74, 6) is -9.56. The third kappa shape index (κ3) is 11.4. The van der Waals surface area contributed by atoms with E-state index in [1.54, 1.807) is 0 Å². The van der Waals surface area contributed by atoms with Crippen molar-refractivity contribution >= 4 is 41.6 Å². The molecule has 0 saturated heterocycles. The molecule has 10 N–H and O–H groups in total. The van der Waals surface area contributed by atoms with Crippen molar-refractivity contribution < 1.29 is 59.1 Å². The lowest BCUT2D eigenvalue weighted by atomic mass is 10.1. The molecule has 0 aliphatic carbocycles. The quantitative estimate of drug-likeness (QED) is 0.109. The third-order valence-corrected chi connectivity index (χ3v) is 4.07. The number of aliphatic hydroxyl groups is 1. The fourth-order valence-corrected chi connectivity index (χ4v) is 2.39. The fourth-order valence-electron chi connectivity index (χ4n) is 2.39. The van der Waals surface area contributed by atoms with Gasteiger partial charge in [-0.15, -0.1) is 0 Å². The van der Waals surface area contributed by atoms with E-state index in [0.29, 0.717) is 0 Å². The van der Waals surface area contributed by atoms with Crippen LogP contribution in [0.15, 0.2) is 0 Å². The van der Waals surface area contributed by atoms with Crippen LogP contribution in [0.5, 0.6) is 0 Å². The molecule has 5 unspecified atom stereocenters. The molecule has 0 rings (SSSR count). The number of aliphatic carboxylic acids is 4. The molecule has 0 aromatic rings. The van der Waals surface area contributed by atoms with Gasteiger partial charge in [0, 0.05) is 6.42 Å². The molecule has 0 aliphatic heterocycles. The van der Waals surface area contributed by atoms with E-state index in [1.807, 2.05) is 16.0 Å². The SMILES string of the molecule is CC(O)C(NC(=O)C(CC(=O)O)NC(=O)C(N)CC(=O)O)C(=O)NC(CCC(=O)O)C(=O)O. The number of carboxylic acid groups (broad SMARTS) is 4. The summed E-state index contributed by atoms with van der Waals surface area (Å²) < 4.78 is 0. The topological polar surface area (TPSA) is 283 Å². The molecule has 33 heavy (non-hydrogen) atoms. The first-order chi connectivity index (χ1) is 15.1. The van der Waals surface area contributed by atoms with Crippen LogP contribution in [0.1, 0.15) is 32.6 Å². The van der Waals surface area contributed by atoms with Gasteiger partial charge in [-0.2, -0.15) is 0 Å². The molecule has 0 saturated carbocycles. The van der Waals surface area contributed by atoms with Crippen LogP contribution in [0.2, 0.25) is 0 Å². The summed E-state index contributed by atoms with van der Waals surface area (Å²) in [7, 11) is 0. The first-order valence-corrected chi connectivity index (χ1v) is 9.38. The zero-order valence-corrected chi connectivity index (χ0v) is 17.4. The molecular formula is C17H26N4O12. The molecule has 0 aromatic heterocycles. The van der Waals surface area contributed by atoms with Gasteiger partial charge in [-0.05, 0) is 13.3 Å². The first-order valence-electron chi connectivity index (χ1n) is 9.38. The number of carboxylic acids is 4. The monoisotopic (exact) mass is 478 g/mol. The zero-order chi connectivity index (χ0) is 25.9. The molecule has 0 bridgehead atoms. The Kier molecular flexibility index (Phi) is 12.0. The standard InChI is InChI=1S/C17H26N4O12/c1-6(22)13(16(31)19-8(17(32)33)2-3-10(23)24)21-15(30)9(5-12(27)28)20-14(29)7(18)4-11(25)26/h6-9,13,22H,2-5,18H2,1H3,(H,19,31)(H,20,29)(H,21,30)(H,23,24)(H,25,26)(H,27,28)(H,32,33). The average Bonchev–Trinajstić information content (AvgIpc) is 2.66. The molecule has 16 nitrogen and oxygen atoms in total. The van der Waals surface area contributed by atoms with E-state index in [-0.39, 0.29) is 0 Å². The second-order valence-corrected chi connectivity index (χ2v) is 6.92. The molecular weight excluding hydrogens is 452 g/mol. The predicted molar refractivity (Wildman–Crippen MR) is 104 cm³/mol. The number of nitrogens with one attached hydrogen (secondary N) is 3. The van der Waals surface area contributed by atoms with E-state index >= 15 is 0 Å². The molecule has 5 atom stereocenters. The Morgan fingerprint density at radius 2 is 1.24 bits per heavy atom. The van der Waals surface area contributed by atoms with Crippen LogP contribution in [0.4, 0.5) is 0 Å². The van der Waals surface area contributed by atoms with Crippen LogP contribution < -0.4 is 21.7 Å². The minimum absolute atomic E-state index is 0.504. The van der Waals surface area contributed by atoms with Gasteiger partial charge < -0.3 is 47.2 Å². The van der Waals surface area contributed by atoms with E-state index in [2.05, 4.69) is 0 Å². The minimum atomic E-state index is -1.83. The molecule has 186 valence electrons. The summed E-state index contributed by atoms with van der Waals surface area (Å²) >= 11 is 0. The Labute approximate surface area is 186 Å². The van der Waals surface area contributed by atoms with E-state index in [4.69, 9.17) is 26.2 Å². The maximum absolute atomic E-state index is 12.5. The zero-order valence-electron chi connectivity index (χ0n) is 17.4. The summed E-state index contributed by atoms with van der Waals surface area (Å²) in [5, 5.41) is 51.1. The van der Waals surface area contributed by atoms with E-state index in [1.165, 1.54) is 0 Å². The van der Waals surface area contributed by atoms with Gasteiger partial charge in [0.15, 0.2) is 0 Å². The number of nitrogens with two attached hydrogens (primary N) is 1. The normalized spacial score (nSPS) is 15.1. The molecule has 0 fully saturated rings. The van der Waals surface area contributed by atoms with Crippen LogP contribution in [-0.2, 0) is 33.6 Å². The lowest BCUT2D eigenvalue weighted by Gasteiger charge is -2.26. The summed E-state index contributed by atoms with van der Waals surface area (Å²) in [5.41, 5.74) is 5.35. The molecule has 0 aliphatic rings. The van der Waals surface area contributed by atoms with Crippen molar-refractivity contribution in [3.8, 4) is 0 Å². The lowest BCUT2D eigenvalue weighted by molar-refractivity contribution is -0.145. The molecule has 0 aromatic carbocycles. The number of carbonyl (C=O) groups is 7. The first kappa shape index (κ1) is 29.2. The Bertz CT molecular complexity index is 784. The Morgan fingerprint density at radius 1 is 0.727 bits per heavy atom. The van der Waals surface area contributed by atoms with Crippen molar-refractivity contribution in [2.75, 3.05) is 0 Å². The van der Waals surface area contributed by atoms with Gasteiger partial charge in [0.2, 0.25) is 17.7 Å². The Morgan fingerprint density at radius 3 is 1.67 bits per heavy atom. The van der Waals surface area contributed by atoms with E-state index < -0.39 is 97.6 Å². The van der Waals surface area contributed by atoms with Gasteiger partial charge >= 0.3 is 23.9 Å². The van der Waals surface area contributed by atoms with E-state index in [0.717, 1.165) is 6.92 Å². The van der Waals surface area contributed by atoms with Crippen molar-refractivity contribution in [1.82, 2.24) is 16.0 Å². The summed E-state index contributed by atoms with van der Waals surface area (Å²) in [4.78, 5) is 80.4. The van der Waals surface area contributed by atoms with Gasteiger partial charge in [-0.1, -0.05) is 0 Å². The van der Waals surface area contributed by atoms with Crippen LogP contribution >= 0.6 is 0 Å². The largest absolute Gasteiger partial charge is 0.481 e. The number of hydrogen-bond acceptors (Lipinski definition) is 9. The maximum atomic E-state index is 12.5. The van der Waals surface area contributed by atoms with Crippen molar-refractivity contribution in [3.05, 3.63) is 0 Å². The highest BCUT2D eigenvalue weighted by atomic mass is 16.4. The Hall–Kier alpha value is -3.79. The summed E-state index contributed by atoms with van der Waals surface area (Å²) in [6.45, 7) is 1.05. The number of amides is 3. The van der Waals surface area contributed by atoms with Crippen molar-refractivity contribution in [2.24, 2.45) is 5.73 Å². The number of aliphatic hydroxyl groups excluding tert-OH is 1. The lowest BCUT2D eigenvalue weighted by Crippen LogP contribution is -2.60. The van der Waals surface area contributed by atoms with Crippen molar-refractivity contribution in [1.29, 1.82) is 0 Å². The summed E-state index contributed by atoms with van der Waals surface area (Å²) in [6.07, 6.45) is -4.55. The smallest absolute Gasteiger partial charge is 0.326 e. The van der Waals surface area contributed by atoms with Gasteiger partial charge in [0.1, 0.15) is 18.1 Å². The molecule has 0 radical (unpaired) electrons. The fraction of sp³-hybridized carbons (Fsp3) is 0.588. The second-order valence-electron chi connectivity index (χ2n) is 6.92. The van der Waals surface area contributed by atoms with Gasteiger partial charge in [-0.25, -0.2) is 4.79 Å². The Balaban J connectivity index is 5.45. The van der Waals surface area contributed by atoms with Gasteiger partial charge in [-0.3, -0.25) is 28.8 Å². The highest BCUT2D eigenvalue weighted by molar-refractivity contribution is 5.96. The second kappa shape index (κ2) is 13.6. The predicted octanol–water partition coefficient (Wildman–Crippen LogP) is -3.95. The molecule has 0 spiro atoms. The van der Waals surface area contributed by atoms with Crippen LogP contribution in [-0.4, -0.2) is 97.4 Å². The molecule has 16 heteroatoms. The van der Waals surface area contributed by atoms with Crippen molar-refractivity contribution in [3.63, 3.8) is 0 Å². The number of rotatable bonds is 15. The molecule has 0 heterocycles. The third-order valence-electron chi connectivity index (χ3n) is 4.07. The van der Waals surface area contributed by atoms with Crippen molar-refractivity contribution in [2.45, 2.75) is 62.9 Å². The highest BCUT2D eigenvalue weighted by Gasteiger charge is 2.33. The van der Waals surface area contributed by atoms with Crippen LogP contribution in [0, 0.1) is 0 Å². The van der Waals surface area contributed by atoms with Gasteiger partial charge in [0.25, 0.3) is 0 Å². The summed E-state index contributed by atoms with van der Waals surface area (Å²) in [6, 6.07) is -6.93. The van der Waals surface area contributed by atoms with Crippen LogP contribution in [0.3, 0.4) is 0 Å². The minimum Gasteiger partial charge on any atom is -0.481 e. The van der Waals surface area contributed by atoms with Gasteiger partial charge in [0.05, 0.1) is 25.0 Å². The average molecular weight is 478 g/mol.